The maximum absolute atomic E-state index is 6.51. The molecule has 0 saturated carbocycles. The van der Waals surface area contributed by atoms with Crippen molar-refractivity contribution in [1.82, 2.24) is 0 Å². The van der Waals surface area contributed by atoms with E-state index in [4.69, 9.17) is 32.7 Å². The summed E-state index contributed by atoms with van der Waals surface area (Å²) in [7, 11) is 0. The predicted octanol–water partition coefficient (Wildman–Crippen LogP) is 6.89. The van der Waals surface area contributed by atoms with Crippen molar-refractivity contribution in [1.29, 1.82) is 0 Å². The van der Waals surface area contributed by atoms with E-state index in [1.807, 2.05) is 74.5 Å². The Balaban J connectivity index is 1.74. The van der Waals surface area contributed by atoms with Gasteiger partial charge in [-0.05, 0) is 54.8 Å². The molecular formula is C23H23Cl2NO2. The van der Waals surface area contributed by atoms with Gasteiger partial charge < -0.3 is 14.8 Å². The third kappa shape index (κ3) is 5.34. The molecular weight excluding hydrogens is 393 g/mol. The molecule has 3 aromatic carbocycles. The number of aryl methyl sites for hydroxylation is 1. The van der Waals surface area contributed by atoms with Gasteiger partial charge >= 0.3 is 0 Å². The van der Waals surface area contributed by atoms with Gasteiger partial charge in [0.05, 0.1) is 11.6 Å². The van der Waals surface area contributed by atoms with E-state index in [2.05, 4.69) is 5.32 Å². The van der Waals surface area contributed by atoms with E-state index in [0.717, 1.165) is 27.4 Å². The number of hydrogen-bond acceptors (Lipinski definition) is 3. The maximum Gasteiger partial charge on any atom is 0.180 e. The molecule has 0 fully saturated rings. The van der Waals surface area contributed by atoms with Crippen LogP contribution >= 0.6 is 23.2 Å². The highest BCUT2D eigenvalue weighted by atomic mass is 35.5. The van der Waals surface area contributed by atoms with Crippen LogP contribution in [0.1, 0.15) is 23.6 Å². The molecule has 0 aliphatic heterocycles. The van der Waals surface area contributed by atoms with Crippen molar-refractivity contribution in [2.45, 2.75) is 27.0 Å². The molecule has 0 atom stereocenters. The lowest BCUT2D eigenvalue weighted by Gasteiger charge is -2.16. The van der Waals surface area contributed by atoms with Gasteiger partial charge in [0.25, 0.3) is 0 Å². The monoisotopic (exact) mass is 415 g/mol. The van der Waals surface area contributed by atoms with Gasteiger partial charge in [-0.3, -0.25) is 0 Å². The van der Waals surface area contributed by atoms with Crippen molar-refractivity contribution < 1.29 is 9.47 Å². The first-order valence-electron chi connectivity index (χ1n) is 9.18. The third-order valence-electron chi connectivity index (χ3n) is 4.26. The molecule has 3 nitrogen and oxygen atoms in total. The average molecular weight is 416 g/mol. The zero-order valence-corrected chi connectivity index (χ0v) is 17.5. The van der Waals surface area contributed by atoms with Crippen LogP contribution in [0.5, 0.6) is 11.5 Å². The zero-order chi connectivity index (χ0) is 19.9. The fourth-order valence-corrected chi connectivity index (χ4v) is 3.23. The fourth-order valence-electron chi connectivity index (χ4n) is 2.76. The lowest BCUT2D eigenvalue weighted by atomic mass is 10.1. The Hall–Kier alpha value is -2.36. The Labute approximate surface area is 176 Å². The van der Waals surface area contributed by atoms with E-state index in [-0.39, 0.29) is 0 Å². The minimum absolute atomic E-state index is 0.431. The first-order valence-corrected chi connectivity index (χ1v) is 9.94. The highest BCUT2D eigenvalue weighted by Crippen LogP contribution is 2.37. The molecule has 0 aliphatic carbocycles. The molecule has 0 radical (unpaired) electrons. The van der Waals surface area contributed by atoms with Crippen LogP contribution in [0.15, 0.2) is 60.7 Å². The molecule has 0 bridgehead atoms. The number of nitrogens with one attached hydrogen (secondary N) is 1. The van der Waals surface area contributed by atoms with Crippen molar-refractivity contribution in [3.63, 3.8) is 0 Å². The van der Waals surface area contributed by atoms with Crippen LogP contribution in [0.25, 0.3) is 0 Å². The standard InChI is InChI=1S/C23H23Cl2NO2/c1-3-27-22-12-18(14-26-19-10-9-16(2)20(24)13-19)11-21(25)23(22)28-15-17-7-5-4-6-8-17/h4-13,26H,3,14-15H2,1-2H3. The minimum Gasteiger partial charge on any atom is -0.490 e. The molecule has 146 valence electrons. The van der Waals surface area contributed by atoms with Gasteiger partial charge in [0.15, 0.2) is 11.5 Å². The molecule has 3 rings (SSSR count). The number of benzene rings is 3. The molecule has 0 spiro atoms. The van der Waals surface area contributed by atoms with Crippen LogP contribution < -0.4 is 14.8 Å². The number of halogens is 2. The van der Waals surface area contributed by atoms with Crippen LogP contribution in [0.3, 0.4) is 0 Å². The van der Waals surface area contributed by atoms with Crippen molar-refractivity contribution in [3.05, 3.63) is 87.4 Å². The zero-order valence-electron chi connectivity index (χ0n) is 16.0. The summed E-state index contributed by atoms with van der Waals surface area (Å²) in [6.07, 6.45) is 0. The van der Waals surface area contributed by atoms with E-state index in [9.17, 15) is 0 Å². The molecule has 5 heteroatoms. The van der Waals surface area contributed by atoms with Gasteiger partial charge in [-0.25, -0.2) is 0 Å². The van der Waals surface area contributed by atoms with Gasteiger partial charge in [0.1, 0.15) is 6.61 Å². The average Bonchev–Trinajstić information content (AvgIpc) is 2.69. The van der Waals surface area contributed by atoms with Gasteiger partial charge in [0.2, 0.25) is 0 Å². The summed E-state index contributed by atoms with van der Waals surface area (Å²) in [4.78, 5) is 0. The van der Waals surface area contributed by atoms with Crippen LogP contribution in [0.2, 0.25) is 10.0 Å². The minimum atomic E-state index is 0.431. The summed E-state index contributed by atoms with van der Waals surface area (Å²) in [5, 5.41) is 4.63. The van der Waals surface area contributed by atoms with Crippen LogP contribution in [0.4, 0.5) is 5.69 Å². The van der Waals surface area contributed by atoms with Gasteiger partial charge in [0, 0.05) is 17.3 Å². The lowest BCUT2D eigenvalue weighted by Crippen LogP contribution is -2.04. The second-order valence-electron chi connectivity index (χ2n) is 6.43. The summed E-state index contributed by atoms with van der Waals surface area (Å²) in [5.41, 5.74) is 4.07. The SMILES string of the molecule is CCOc1cc(CNc2ccc(C)c(Cl)c2)cc(Cl)c1OCc1ccccc1. The molecule has 1 N–H and O–H groups in total. The Bertz CT molecular complexity index is 929. The maximum atomic E-state index is 6.51. The molecule has 0 amide bonds. The van der Waals surface area contributed by atoms with Crippen molar-refractivity contribution >= 4 is 28.9 Å². The summed E-state index contributed by atoms with van der Waals surface area (Å²) < 4.78 is 11.7. The molecule has 0 unspecified atom stereocenters. The van der Waals surface area contributed by atoms with Gasteiger partial charge in [-0.2, -0.15) is 0 Å². The third-order valence-corrected chi connectivity index (χ3v) is 4.95. The molecule has 28 heavy (non-hydrogen) atoms. The second kappa shape index (κ2) is 9.72. The van der Waals surface area contributed by atoms with Crippen molar-refractivity contribution in [2.75, 3.05) is 11.9 Å². The molecule has 3 aromatic rings. The molecule has 0 saturated heterocycles. The van der Waals surface area contributed by atoms with E-state index < -0.39 is 0 Å². The van der Waals surface area contributed by atoms with E-state index in [0.29, 0.717) is 36.3 Å². The molecule has 0 heterocycles. The first-order chi connectivity index (χ1) is 13.6. The Morgan fingerprint density at radius 3 is 2.36 bits per heavy atom. The van der Waals surface area contributed by atoms with E-state index in [1.165, 1.54) is 0 Å². The summed E-state index contributed by atoms with van der Waals surface area (Å²) in [6, 6.07) is 19.7. The number of anilines is 1. The summed E-state index contributed by atoms with van der Waals surface area (Å²) in [6.45, 7) is 5.48. The van der Waals surface area contributed by atoms with Crippen LogP contribution in [-0.4, -0.2) is 6.61 Å². The normalized spacial score (nSPS) is 10.6. The Kier molecular flexibility index (Phi) is 7.07. The fraction of sp³-hybridized carbons (Fsp3) is 0.217. The number of rotatable bonds is 8. The molecule has 0 aromatic heterocycles. The quantitative estimate of drug-likeness (QED) is 0.434. The summed E-state index contributed by atoms with van der Waals surface area (Å²) in [5.74, 6) is 1.21. The smallest absolute Gasteiger partial charge is 0.180 e. The van der Waals surface area contributed by atoms with Crippen LogP contribution in [-0.2, 0) is 13.2 Å². The number of ether oxygens (including phenoxy) is 2. The number of hydrogen-bond donors (Lipinski definition) is 1. The first kappa shape index (κ1) is 20.4. The van der Waals surface area contributed by atoms with E-state index >= 15 is 0 Å². The topological polar surface area (TPSA) is 30.5 Å². The lowest BCUT2D eigenvalue weighted by molar-refractivity contribution is 0.269. The highest BCUT2D eigenvalue weighted by Gasteiger charge is 2.13. The second-order valence-corrected chi connectivity index (χ2v) is 7.24. The van der Waals surface area contributed by atoms with Gasteiger partial charge in [-0.1, -0.05) is 59.6 Å². The predicted molar refractivity (Wildman–Crippen MR) is 117 cm³/mol. The highest BCUT2D eigenvalue weighted by molar-refractivity contribution is 6.32. The van der Waals surface area contributed by atoms with E-state index in [1.54, 1.807) is 0 Å². The Morgan fingerprint density at radius 1 is 0.857 bits per heavy atom. The summed E-state index contributed by atoms with van der Waals surface area (Å²) >= 11 is 12.7. The molecule has 0 aliphatic rings. The van der Waals surface area contributed by atoms with Gasteiger partial charge in [-0.15, -0.1) is 0 Å². The van der Waals surface area contributed by atoms with Crippen molar-refractivity contribution in [3.8, 4) is 11.5 Å². The van der Waals surface area contributed by atoms with Crippen LogP contribution in [0, 0.1) is 6.92 Å². The Morgan fingerprint density at radius 2 is 1.64 bits per heavy atom. The largest absolute Gasteiger partial charge is 0.490 e. The van der Waals surface area contributed by atoms with Crippen molar-refractivity contribution in [2.24, 2.45) is 0 Å².